The molecule has 0 aliphatic carbocycles. The van der Waals surface area contributed by atoms with Crippen molar-refractivity contribution in [2.24, 2.45) is 5.92 Å². The Morgan fingerprint density at radius 1 is 1.37 bits per heavy atom. The predicted molar refractivity (Wildman–Crippen MR) is 78.6 cm³/mol. The number of likely N-dealkylation sites (tertiary alicyclic amines) is 2. The molecule has 0 aromatic carbocycles. The van der Waals surface area contributed by atoms with Crippen LogP contribution in [0.4, 0.5) is 0 Å². The number of carbonyl (C=O) groups excluding carboxylic acids is 1. The molecule has 2 aliphatic heterocycles. The van der Waals surface area contributed by atoms with Crippen LogP contribution in [0, 0.1) is 5.92 Å². The van der Waals surface area contributed by atoms with Crippen LogP contribution in [-0.4, -0.2) is 47.4 Å². The van der Waals surface area contributed by atoms with E-state index in [1.54, 1.807) is 11.3 Å². The molecule has 2 aliphatic rings. The molecule has 2 saturated heterocycles. The van der Waals surface area contributed by atoms with Crippen molar-refractivity contribution in [2.45, 2.75) is 38.8 Å². The van der Waals surface area contributed by atoms with E-state index in [9.17, 15) is 4.79 Å². The lowest BCUT2D eigenvalue weighted by atomic mass is 10.1. The van der Waals surface area contributed by atoms with Gasteiger partial charge in [-0.15, -0.1) is 0 Å². The standard InChI is InChI=1S/C15H22N2OS/c1-11(2)9-16-6-3-14-13(16)4-7-17(14)15(18)12-5-8-19-10-12/h5,8,10-11,13-14H,3-4,6-7,9H2,1-2H3/t13-,14+/m0/s1. The molecule has 3 heterocycles. The summed E-state index contributed by atoms with van der Waals surface area (Å²) >= 11 is 1.60. The number of nitrogens with zero attached hydrogens (tertiary/aromatic N) is 2. The van der Waals surface area contributed by atoms with E-state index in [2.05, 4.69) is 23.6 Å². The van der Waals surface area contributed by atoms with Crippen LogP contribution >= 0.6 is 11.3 Å². The summed E-state index contributed by atoms with van der Waals surface area (Å²) in [6.07, 6.45) is 2.29. The highest BCUT2D eigenvalue weighted by Crippen LogP contribution is 2.33. The van der Waals surface area contributed by atoms with E-state index in [1.165, 1.54) is 6.54 Å². The van der Waals surface area contributed by atoms with Crippen LogP contribution in [0.5, 0.6) is 0 Å². The summed E-state index contributed by atoms with van der Waals surface area (Å²) in [4.78, 5) is 17.2. The lowest BCUT2D eigenvalue weighted by Crippen LogP contribution is -2.40. The van der Waals surface area contributed by atoms with E-state index < -0.39 is 0 Å². The molecule has 0 unspecified atom stereocenters. The number of hydrogen-bond donors (Lipinski definition) is 0. The molecule has 4 heteroatoms. The molecule has 104 valence electrons. The van der Waals surface area contributed by atoms with Gasteiger partial charge in [0.1, 0.15) is 0 Å². The number of fused-ring (bicyclic) bond motifs is 1. The fraction of sp³-hybridized carbons (Fsp3) is 0.667. The summed E-state index contributed by atoms with van der Waals surface area (Å²) < 4.78 is 0. The van der Waals surface area contributed by atoms with Gasteiger partial charge in [-0.1, -0.05) is 13.8 Å². The molecule has 1 aromatic rings. The molecule has 19 heavy (non-hydrogen) atoms. The molecule has 2 fully saturated rings. The van der Waals surface area contributed by atoms with E-state index in [0.717, 1.165) is 31.5 Å². The largest absolute Gasteiger partial charge is 0.334 e. The van der Waals surface area contributed by atoms with Crippen LogP contribution in [-0.2, 0) is 0 Å². The Hall–Kier alpha value is -0.870. The van der Waals surface area contributed by atoms with Gasteiger partial charge in [-0.2, -0.15) is 11.3 Å². The zero-order valence-electron chi connectivity index (χ0n) is 11.7. The second kappa shape index (κ2) is 5.25. The van der Waals surface area contributed by atoms with Crippen molar-refractivity contribution in [3.8, 4) is 0 Å². The van der Waals surface area contributed by atoms with Crippen molar-refractivity contribution in [1.29, 1.82) is 0 Å². The average molecular weight is 278 g/mol. The van der Waals surface area contributed by atoms with Gasteiger partial charge in [-0.25, -0.2) is 0 Å². The minimum Gasteiger partial charge on any atom is -0.334 e. The third-order valence-electron chi connectivity index (χ3n) is 4.32. The van der Waals surface area contributed by atoms with Gasteiger partial charge in [0.2, 0.25) is 0 Å². The molecule has 0 radical (unpaired) electrons. The zero-order chi connectivity index (χ0) is 13.4. The molecule has 1 amide bonds. The second-order valence-electron chi connectivity index (χ2n) is 6.11. The van der Waals surface area contributed by atoms with E-state index in [-0.39, 0.29) is 5.91 Å². The SMILES string of the molecule is CC(C)CN1CC[C@@H]2[C@@H]1CCN2C(=O)c1ccsc1. The van der Waals surface area contributed by atoms with Crippen LogP contribution < -0.4 is 0 Å². The third-order valence-corrected chi connectivity index (χ3v) is 5.00. The first-order valence-electron chi connectivity index (χ1n) is 7.24. The molecular weight excluding hydrogens is 256 g/mol. The van der Waals surface area contributed by atoms with Gasteiger partial charge in [-0.3, -0.25) is 9.69 Å². The lowest BCUT2D eigenvalue weighted by Gasteiger charge is -2.26. The van der Waals surface area contributed by atoms with Gasteiger partial charge < -0.3 is 4.90 Å². The third kappa shape index (κ3) is 2.43. The molecule has 3 rings (SSSR count). The first-order chi connectivity index (χ1) is 9.16. The van der Waals surface area contributed by atoms with Gasteiger partial charge in [0, 0.05) is 37.1 Å². The molecule has 0 saturated carbocycles. The molecular formula is C15H22N2OS. The van der Waals surface area contributed by atoms with Crippen molar-refractivity contribution in [3.63, 3.8) is 0 Å². The molecule has 1 aromatic heterocycles. The van der Waals surface area contributed by atoms with Crippen LogP contribution in [0.15, 0.2) is 16.8 Å². The smallest absolute Gasteiger partial charge is 0.255 e. The van der Waals surface area contributed by atoms with Gasteiger partial charge >= 0.3 is 0 Å². The maximum atomic E-state index is 12.5. The Morgan fingerprint density at radius 2 is 2.16 bits per heavy atom. The Morgan fingerprint density at radius 3 is 2.84 bits per heavy atom. The minimum atomic E-state index is 0.236. The quantitative estimate of drug-likeness (QED) is 0.848. The molecule has 0 N–H and O–H groups in total. The highest BCUT2D eigenvalue weighted by Gasteiger charge is 2.44. The van der Waals surface area contributed by atoms with Gasteiger partial charge in [0.15, 0.2) is 0 Å². The fourth-order valence-corrected chi connectivity index (χ4v) is 4.20. The zero-order valence-corrected chi connectivity index (χ0v) is 12.5. The number of hydrogen-bond acceptors (Lipinski definition) is 3. The number of rotatable bonds is 3. The van der Waals surface area contributed by atoms with Gasteiger partial charge in [0.05, 0.1) is 5.56 Å². The van der Waals surface area contributed by atoms with Crippen molar-refractivity contribution >= 4 is 17.2 Å². The van der Waals surface area contributed by atoms with Crippen molar-refractivity contribution in [1.82, 2.24) is 9.80 Å². The first kappa shape index (κ1) is 13.1. The van der Waals surface area contributed by atoms with Crippen LogP contribution in [0.1, 0.15) is 37.0 Å². The summed E-state index contributed by atoms with van der Waals surface area (Å²) in [7, 11) is 0. The highest BCUT2D eigenvalue weighted by atomic mass is 32.1. The summed E-state index contributed by atoms with van der Waals surface area (Å²) in [6, 6.07) is 3.00. The molecule has 0 spiro atoms. The summed E-state index contributed by atoms with van der Waals surface area (Å²) in [6.45, 7) is 7.80. The van der Waals surface area contributed by atoms with Gasteiger partial charge in [0.25, 0.3) is 5.91 Å². The molecule has 3 nitrogen and oxygen atoms in total. The van der Waals surface area contributed by atoms with E-state index in [4.69, 9.17) is 0 Å². The summed E-state index contributed by atoms with van der Waals surface area (Å²) in [5, 5.41) is 3.96. The Bertz CT molecular complexity index is 443. The Labute approximate surface area is 119 Å². The summed E-state index contributed by atoms with van der Waals surface area (Å²) in [5.74, 6) is 0.945. The Kier molecular flexibility index (Phi) is 3.63. The topological polar surface area (TPSA) is 23.6 Å². The highest BCUT2D eigenvalue weighted by molar-refractivity contribution is 7.08. The van der Waals surface area contributed by atoms with Crippen LogP contribution in [0.2, 0.25) is 0 Å². The number of thiophene rings is 1. The number of carbonyl (C=O) groups is 1. The molecule has 2 atom stereocenters. The Balaban J connectivity index is 1.70. The minimum absolute atomic E-state index is 0.236. The van der Waals surface area contributed by atoms with Crippen LogP contribution in [0.3, 0.4) is 0 Å². The van der Waals surface area contributed by atoms with Crippen molar-refractivity contribution < 1.29 is 4.79 Å². The second-order valence-corrected chi connectivity index (χ2v) is 6.89. The van der Waals surface area contributed by atoms with E-state index in [0.29, 0.717) is 18.0 Å². The normalized spacial score (nSPS) is 27.2. The average Bonchev–Trinajstić information content (AvgIpc) is 3.04. The first-order valence-corrected chi connectivity index (χ1v) is 8.18. The molecule has 0 bridgehead atoms. The maximum Gasteiger partial charge on any atom is 0.255 e. The maximum absolute atomic E-state index is 12.5. The summed E-state index contributed by atoms with van der Waals surface area (Å²) in [5.41, 5.74) is 0.868. The van der Waals surface area contributed by atoms with E-state index in [1.807, 2.05) is 16.8 Å². The predicted octanol–water partition coefficient (Wildman–Crippen LogP) is 2.69. The fourth-order valence-electron chi connectivity index (χ4n) is 3.58. The van der Waals surface area contributed by atoms with Crippen LogP contribution in [0.25, 0.3) is 0 Å². The van der Waals surface area contributed by atoms with Crippen molar-refractivity contribution in [3.05, 3.63) is 22.4 Å². The monoisotopic (exact) mass is 278 g/mol. The van der Waals surface area contributed by atoms with Crippen molar-refractivity contribution in [2.75, 3.05) is 19.6 Å². The van der Waals surface area contributed by atoms with Gasteiger partial charge in [-0.05, 0) is 30.2 Å². The van der Waals surface area contributed by atoms with E-state index >= 15 is 0 Å². The lowest BCUT2D eigenvalue weighted by molar-refractivity contribution is 0.0732. The number of amides is 1.